The number of hydrogen-bond donors (Lipinski definition) is 7. The Morgan fingerprint density at radius 2 is 0.806 bits per heavy atom. The first kappa shape index (κ1) is 29.2. The molecular weight excluding hydrogens is 406 g/mol. The van der Waals surface area contributed by atoms with Crippen LogP contribution in [0.25, 0.3) is 0 Å². The molecule has 3 fully saturated rings. The van der Waals surface area contributed by atoms with E-state index in [0.29, 0.717) is 0 Å². The van der Waals surface area contributed by atoms with Gasteiger partial charge in [0.1, 0.15) is 0 Å². The minimum atomic E-state index is -2.74. The molecule has 0 amide bonds. The number of hydrogen-bond acceptors (Lipinski definition) is 7. The lowest BCUT2D eigenvalue weighted by atomic mass is 9.96. The largest absolute Gasteiger partial charge is 0.481 e. The average molecular weight is 448 g/mol. The van der Waals surface area contributed by atoms with Gasteiger partial charge in [-0.2, -0.15) is 0 Å². The van der Waals surface area contributed by atoms with Crippen LogP contribution in [0.4, 0.5) is 0 Å². The van der Waals surface area contributed by atoms with Crippen molar-refractivity contribution in [2.75, 3.05) is 39.3 Å². The summed E-state index contributed by atoms with van der Waals surface area (Å²) in [6, 6.07) is 0. The summed E-state index contributed by atoms with van der Waals surface area (Å²) in [6.07, 6.45) is 10.4. The number of carbonyl (C=O) groups is 3. The summed E-state index contributed by atoms with van der Waals surface area (Å²) in [5.74, 6) is -5.02. The van der Waals surface area contributed by atoms with Crippen LogP contribution in [-0.4, -0.2) is 83.2 Å². The number of aliphatic carboxylic acids is 3. The van der Waals surface area contributed by atoms with Crippen molar-refractivity contribution >= 4 is 17.9 Å². The number of piperidine rings is 3. The van der Waals surface area contributed by atoms with Crippen molar-refractivity contribution in [3.63, 3.8) is 0 Å². The standard InChI is InChI=1S/C6H8O7.3C5H11N/c7-3(8)1-6(13,5(11)12)2-4(9)10;3*1-2-4-6-5-3-1/h13H,1-2H2,(H,7,8)(H,9,10)(H,11,12);3*6H,1-5H2. The van der Waals surface area contributed by atoms with Crippen molar-refractivity contribution in [1.29, 1.82) is 0 Å². The third-order valence-corrected chi connectivity index (χ3v) is 4.91. The quantitative estimate of drug-likeness (QED) is 0.323. The van der Waals surface area contributed by atoms with Gasteiger partial charge < -0.3 is 36.4 Å². The van der Waals surface area contributed by atoms with Crippen LogP contribution in [0.3, 0.4) is 0 Å². The average Bonchev–Trinajstić information content (AvgIpc) is 2.77. The van der Waals surface area contributed by atoms with Crippen LogP contribution < -0.4 is 16.0 Å². The predicted molar refractivity (Wildman–Crippen MR) is 117 cm³/mol. The van der Waals surface area contributed by atoms with Gasteiger partial charge in [0.15, 0.2) is 5.60 Å². The highest BCUT2D eigenvalue weighted by Crippen LogP contribution is 2.15. The Kier molecular flexibility index (Phi) is 17.9. The van der Waals surface area contributed by atoms with E-state index < -0.39 is 36.4 Å². The van der Waals surface area contributed by atoms with E-state index in [2.05, 4.69) is 16.0 Å². The zero-order chi connectivity index (χ0) is 23.4. The van der Waals surface area contributed by atoms with Gasteiger partial charge in [0.2, 0.25) is 0 Å². The molecule has 0 atom stereocenters. The van der Waals surface area contributed by atoms with Crippen LogP contribution in [0, 0.1) is 0 Å². The van der Waals surface area contributed by atoms with Crippen molar-refractivity contribution in [3.05, 3.63) is 0 Å². The van der Waals surface area contributed by atoms with Gasteiger partial charge in [0.25, 0.3) is 0 Å². The Balaban J connectivity index is 0.000000416. The van der Waals surface area contributed by atoms with Crippen molar-refractivity contribution in [3.8, 4) is 0 Å². The topological polar surface area (TPSA) is 168 Å². The van der Waals surface area contributed by atoms with E-state index >= 15 is 0 Å². The van der Waals surface area contributed by atoms with Crippen LogP contribution >= 0.6 is 0 Å². The van der Waals surface area contributed by atoms with E-state index in [9.17, 15) is 14.4 Å². The van der Waals surface area contributed by atoms with Crippen LogP contribution in [0.1, 0.15) is 70.6 Å². The molecule has 3 heterocycles. The molecule has 10 heteroatoms. The van der Waals surface area contributed by atoms with Gasteiger partial charge in [-0.3, -0.25) is 9.59 Å². The molecule has 7 N–H and O–H groups in total. The molecule has 0 unspecified atom stereocenters. The fraction of sp³-hybridized carbons (Fsp3) is 0.857. The Labute approximate surface area is 184 Å². The zero-order valence-corrected chi connectivity index (χ0v) is 18.5. The van der Waals surface area contributed by atoms with E-state index in [0.717, 1.165) is 0 Å². The maximum Gasteiger partial charge on any atom is 0.336 e. The van der Waals surface area contributed by atoms with Gasteiger partial charge in [-0.15, -0.1) is 0 Å². The van der Waals surface area contributed by atoms with Crippen LogP contribution in [0.2, 0.25) is 0 Å². The lowest BCUT2D eigenvalue weighted by Gasteiger charge is -2.18. The molecule has 0 aromatic heterocycles. The van der Waals surface area contributed by atoms with Crippen molar-refractivity contribution in [2.24, 2.45) is 0 Å². The first-order valence-electron chi connectivity index (χ1n) is 11.3. The first-order valence-corrected chi connectivity index (χ1v) is 11.3. The maximum atomic E-state index is 10.3. The highest BCUT2D eigenvalue weighted by atomic mass is 16.4. The lowest BCUT2D eigenvalue weighted by molar-refractivity contribution is -0.170. The molecule has 3 aliphatic rings. The summed E-state index contributed by atoms with van der Waals surface area (Å²) in [5, 5.41) is 43.7. The van der Waals surface area contributed by atoms with E-state index in [1.807, 2.05) is 0 Å². The Morgan fingerprint density at radius 1 is 0.548 bits per heavy atom. The zero-order valence-electron chi connectivity index (χ0n) is 18.5. The molecule has 0 bridgehead atoms. The summed E-state index contributed by atoms with van der Waals surface area (Å²) in [6.45, 7) is 7.50. The van der Waals surface area contributed by atoms with E-state index in [1.165, 1.54) is 97.1 Å². The van der Waals surface area contributed by atoms with Crippen molar-refractivity contribution in [2.45, 2.75) is 76.2 Å². The van der Waals surface area contributed by atoms with E-state index in [1.54, 1.807) is 0 Å². The Hall–Kier alpha value is -1.75. The molecule has 31 heavy (non-hydrogen) atoms. The van der Waals surface area contributed by atoms with Gasteiger partial charge in [0.05, 0.1) is 12.8 Å². The van der Waals surface area contributed by atoms with Gasteiger partial charge in [-0.25, -0.2) is 4.79 Å². The predicted octanol–water partition coefficient (Wildman–Crippen LogP) is 1.03. The van der Waals surface area contributed by atoms with Crippen LogP contribution in [0.15, 0.2) is 0 Å². The van der Waals surface area contributed by atoms with Gasteiger partial charge in [-0.05, 0) is 77.8 Å². The molecule has 10 nitrogen and oxygen atoms in total. The Morgan fingerprint density at radius 3 is 0.903 bits per heavy atom. The fourth-order valence-corrected chi connectivity index (χ4v) is 3.12. The molecule has 0 aromatic rings. The second-order valence-corrected chi connectivity index (χ2v) is 7.91. The smallest absolute Gasteiger partial charge is 0.336 e. The maximum absolute atomic E-state index is 10.3. The van der Waals surface area contributed by atoms with Crippen molar-refractivity contribution in [1.82, 2.24) is 16.0 Å². The molecular formula is C21H41N3O7. The second-order valence-electron chi connectivity index (χ2n) is 7.91. The van der Waals surface area contributed by atoms with Gasteiger partial charge in [-0.1, -0.05) is 19.3 Å². The van der Waals surface area contributed by atoms with Gasteiger partial charge >= 0.3 is 17.9 Å². The third kappa shape index (κ3) is 18.7. The second kappa shape index (κ2) is 19.0. The summed E-state index contributed by atoms with van der Waals surface area (Å²) < 4.78 is 0. The van der Waals surface area contributed by atoms with Gasteiger partial charge in [0, 0.05) is 0 Å². The summed E-state index contributed by atoms with van der Waals surface area (Å²) >= 11 is 0. The molecule has 0 aromatic carbocycles. The molecule has 0 saturated carbocycles. The fourth-order valence-electron chi connectivity index (χ4n) is 3.12. The van der Waals surface area contributed by atoms with Crippen LogP contribution in [-0.2, 0) is 14.4 Å². The number of aliphatic hydroxyl groups is 1. The molecule has 0 radical (unpaired) electrons. The molecule has 3 saturated heterocycles. The molecule has 3 rings (SSSR count). The van der Waals surface area contributed by atoms with Crippen molar-refractivity contribution < 1.29 is 34.8 Å². The first-order chi connectivity index (χ1) is 14.8. The minimum absolute atomic E-state index is 1.14. The third-order valence-electron chi connectivity index (χ3n) is 4.91. The summed E-state index contributed by atoms with van der Waals surface area (Å²) in [7, 11) is 0. The minimum Gasteiger partial charge on any atom is -0.481 e. The highest BCUT2D eigenvalue weighted by Gasteiger charge is 2.40. The molecule has 0 spiro atoms. The molecule has 0 aliphatic carbocycles. The highest BCUT2D eigenvalue weighted by molar-refractivity contribution is 5.88. The normalized spacial score (nSPS) is 18.5. The number of rotatable bonds is 5. The number of nitrogens with one attached hydrogen (secondary N) is 3. The molecule has 182 valence electrons. The SMILES string of the molecule is C1CCNCC1.C1CCNCC1.C1CCNCC1.O=C(O)CC(O)(CC(=O)O)C(=O)O. The number of carboxylic acid groups (broad SMARTS) is 3. The summed E-state index contributed by atoms with van der Waals surface area (Å²) in [4.78, 5) is 30.5. The summed E-state index contributed by atoms with van der Waals surface area (Å²) in [5.41, 5.74) is -2.74. The van der Waals surface area contributed by atoms with Crippen LogP contribution in [0.5, 0.6) is 0 Å². The van der Waals surface area contributed by atoms with E-state index in [-0.39, 0.29) is 0 Å². The van der Waals surface area contributed by atoms with E-state index in [4.69, 9.17) is 20.4 Å². The lowest BCUT2D eigenvalue weighted by Crippen LogP contribution is -2.42. The Bertz CT molecular complexity index is 412. The molecule has 3 aliphatic heterocycles. The monoisotopic (exact) mass is 447 g/mol. The number of carboxylic acids is 3.